The second kappa shape index (κ2) is 10.6. The molecule has 1 N–H and O–H groups in total. The number of carbonyl (C=O) groups is 1. The fraction of sp³-hybridized carbons (Fsp3) is 0.167. The van der Waals surface area contributed by atoms with E-state index in [0.717, 1.165) is 24.0 Å². The summed E-state index contributed by atoms with van der Waals surface area (Å²) in [5, 5.41) is 2.87. The van der Waals surface area contributed by atoms with Crippen molar-refractivity contribution in [1.29, 1.82) is 0 Å². The highest BCUT2D eigenvalue weighted by Crippen LogP contribution is 2.37. The first-order valence-electron chi connectivity index (χ1n) is 12.5. The van der Waals surface area contributed by atoms with Gasteiger partial charge in [-0.3, -0.25) is 4.79 Å². The van der Waals surface area contributed by atoms with Crippen LogP contribution in [0.3, 0.4) is 0 Å². The van der Waals surface area contributed by atoms with Gasteiger partial charge in [0.1, 0.15) is 16.2 Å². The van der Waals surface area contributed by atoms with E-state index in [1.165, 1.54) is 6.08 Å². The molecular formula is C30H28N4O3S. The average molecular weight is 525 g/mol. The van der Waals surface area contributed by atoms with Gasteiger partial charge >= 0.3 is 0 Å². The van der Waals surface area contributed by atoms with Crippen LogP contribution < -0.4 is 5.32 Å². The molecule has 2 aromatic heterocycles. The number of fused-ring (bicyclic) bond motifs is 2. The number of hydrogen-bond acceptors (Lipinski definition) is 5. The van der Waals surface area contributed by atoms with E-state index in [1.54, 1.807) is 41.0 Å². The molecule has 5 aromatic rings. The smallest absolute Gasteiger partial charge is 0.249 e. The van der Waals surface area contributed by atoms with Gasteiger partial charge in [-0.25, -0.2) is 18.4 Å². The third kappa shape index (κ3) is 4.95. The second-order valence-electron chi connectivity index (χ2n) is 9.12. The van der Waals surface area contributed by atoms with Gasteiger partial charge < -0.3 is 9.88 Å². The minimum atomic E-state index is -4.06. The summed E-state index contributed by atoms with van der Waals surface area (Å²) in [4.78, 5) is 22.8. The van der Waals surface area contributed by atoms with Gasteiger partial charge in [-0.15, -0.1) is 0 Å². The largest absolute Gasteiger partial charge is 0.309 e. The Labute approximate surface area is 221 Å². The SMILES string of the molecule is CCCCn1c(NC(=O)C=Cc2ccccc2)c(S(=O)(=O)c2ccc(C)cc2)c2nc3ccccc3nc21. The van der Waals surface area contributed by atoms with E-state index in [-0.39, 0.29) is 21.1 Å². The Bertz CT molecular complexity index is 1760. The summed E-state index contributed by atoms with van der Waals surface area (Å²) in [7, 11) is -4.06. The number of aromatic nitrogens is 3. The van der Waals surface area contributed by atoms with Crippen molar-refractivity contribution in [3.05, 3.63) is 96.1 Å². The molecule has 0 aliphatic carbocycles. The van der Waals surface area contributed by atoms with Crippen LogP contribution in [0.2, 0.25) is 0 Å². The van der Waals surface area contributed by atoms with Crippen molar-refractivity contribution < 1.29 is 13.2 Å². The molecule has 0 saturated carbocycles. The van der Waals surface area contributed by atoms with Crippen LogP contribution >= 0.6 is 0 Å². The molecule has 0 aliphatic rings. The maximum atomic E-state index is 14.1. The quantitative estimate of drug-likeness (QED) is 0.245. The summed E-state index contributed by atoms with van der Waals surface area (Å²) in [6.45, 7) is 4.42. The average Bonchev–Trinajstić information content (AvgIpc) is 3.22. The van der Waals surface area contributed by atoms with Gasteiger partial charge in [-0.2, -0.15) is 0 Å². The van der Waals surface area contributed by atoms with E-state index in [1.807, 2.05) is 55.5 Å². The van der Waals surface area contributed by atoms with Crippen LogP contribution in [0, 0.1) is 6.92 Å². The van der Waals surface area contributed by atoms with Crippen LogP contribution in [0.5, 0.6) is 0 Å². The number of aryl methyl sites for hydroxylation is 2. The highest BCUT2D eigenvalue weighted by atomic mass is 32.2. The Morgan fingerprint density at radius 1 is 0.921 bits per heavy atom. The third-order valence-electron chi connectivity index (χ3n) is 6.31. The van der Waals surface area contributed by atoms with Crippen LogP contribution in [0.4, 0.5) is 5.82 Å². The predicted molar refractivity (Wildman–Crippen MR) is 151 cm³/mol. The molecule has 0 radical (unpaired) electrons. The van der Waals surface area contributed by atoms with Gasteiger partial charge in [-0.05, 0) is 49.2 Å². The number of para-hydroxylation sites is 2. The summed E-state index contributed by atoms with van der Waals surface area (Å²) in [5.41, 5.74) is 3.69. The normalized spacial score (nSPS) is 11.9. The van der Waals surface area contributed by atoms with Crippen molar-refractivity contribution in [2.24, 2.45) is 0 Å². The lowest BCUT2D eigenvalue weighted by atomic mass is 10.2. The number of anilines is 1. The number of amides is 1. The molecule has 5 rings (SSSR count). The Hall–Kier alpha value is -4.30. The lowest BCUT2D eigenvalue weighted by Crippen LogP contribution is -2.16. The van der Waals surface area contributed by atoms with Gasteiger partial charge in [0.25, 0.3) is 0 Å². The molecule has 0 saturated heterocycles. The molecular weight excluding hydrogens is 496 g/mol. The first kappa shape index (κ1) is 25.4. The Morgan fingerprint density at radius 2 is 1.58 bits per heavy atom. The number of nitrogens with zero attached hydrogens (tertiary/aromatic N) is 3. The van der Waals surface area contributed by atoms with E-state index in [2.05, 4.69) is 12.2 Å². The first-order valence-corrected chi connectivity index (χ1v) is 14.0. The van der Waals surface area contributed by atoms with Crippen LogP contribution in [0.25, 0.3) is 28.3 Å². The monoisotopic (exact) mass is 524 g/mol. The highest BCUT2D eigenvalue weighted by molar-refractivity contribution is 7.92. The molecule has 8 heteroatoms. The standard InChI is InChI=1S/C30H28N4O3S/c1-3-4-20-34-29-27(31-24-12-8-9-13-25(24)32-29)28(38(36,37)23-17-14-21(2)15-18-23)30(34)33-26(35)19-16-22-10-6-5-7-11-22/h5-19H,3-4,20H2,1-2H3,(H,33,35). The van der Waals surface area contributed by atoms with Crippen molar-refractivity contribution >= 4 is 49.8 Å². The maximum absolute atomic E-state index is 14.1. The predicted octanol–water partition coefficient (Wildman–Crippen LogP) is 6.18. The zero-order valence-corrected chi connectivity index (χ0v) is 22.1. The van der Waals surface area contributed by atoms with Crippen LogP contribution in [0.15, 0.2) is 94.7 Å². The van der Waals surface area contributed by atoms with E-state index < -0.39 is 15.7 Å². The molecule has 0 fully saturated rings. The molecule has 3 aromatic carbocycles. The minimum absolute atomic E-state index is 0.0489. The summed E-state index contributed by atoms with van der Waals surface area (Å²) in [6, 6.07) is 23.4. The number of unbranched alkanes of at least 4 members (excludes halogenated alkanes) is 1. The molecule has 0 aliphatic heterocycles. The molecule has 1 amide bonds. The molecule has 0 unspecified atom stereocenters. The molecule has 0 spiro atoms. The Balaban J connectivity index is 1.74. The summed E-state index contributed by atoms with van der Waals surface area (Å²) in [5.74, 6) is -0.272. The van der Waals surface area contributed by atoms with Crippen molar-refractivity contribution in [3.63, 3.8) is 0 Å². The van der Waals surface area contributed by atoms with Gasteiger partial charge in [-0.1, -0.05) is 73.5 Å². The van der Waals surface area contributed by atoms with Crippen molar-refractivity contribution in [2.75, 3.05) is 5.32 Å². The topological polar surface area (TPSA) is 94.0 Å². The Kier molecular flexibility index (Phi) is 7.07. The summed E-state index contributed by atoms with van der Waals surface area (Å²) < 4.78 is 30.0. The first-order chi connectivity index (χ1) is 18.4. The van der Waals surface area contributed by atoms with Gasteiger partial charge in [0.05, 0.1) is 15.9 Å². The number of nitrogens with one attached hydrogen (secondary N) is 1. The zero-order valence-electron chi connectivity index (χ0n) is 21.3. The zero-order chi connectivity index (χ0) is 26.7. The molecule has 7 nitrogen and oxygen atoms in total. The van der Waals surface area contributed by atoms with Crippen LogP contribution in [-0.2, 0) is 21.2 Å². The van der Waals surface area contributed by atoms with E-state index in [4.69, 9.17) is 9.97 Å². The van der Waals surface area contributed by atoms with Gasteiger partial charge in [0.2, 0.25) is 15.7 Å². The molecule has 2 heterocycles. The van der Waals surface area contributed by atoms with E-state index in [9.17, 15) is 13.2 Å². The summed E-state index contributed by atoms with van der Waals surface area (Å²) in [6.07, 6.45) is 4.73. The molecule has 0 bridgehead atoms. The number of benzene rings is 3. The number of sulfone groups is 1. The van der Waals surface area contributed by atoms with Crippen molar-refractivity contribution in [3.8, 4) is 0 Å². The molecule has 192 valence electrons. The van der Waals surface area contributed by atoms with E-state index in [0.29, 0.717) is 23.2 Å². The molecule has 38 heavy (non-hydrogen) atoms. The minimum Gasteiger partial charge on any atom is -0.309 e. The third-order valence-corrected chi connectivity index (χ3v) is 8.13. The number of rotatable bonds is 8. The summed E-state index contributed by atoms with van der Waals surface area (Å²) >= 11 is 0. The second-order valence-corrected chi connectivity index (χ2v) is 11.0. The molecule has 0 atom stereocenters. The van der Waals surface area contributed by atoms with Gasteiger partial charge in [0, 0.05) is 12.6 Å². The van der Waals surface area contributed by atoms with Gasteiger partial charge in [0.15, 0.2) is 5.65 Å². The number of hydrogen-bond donors (Lipinski definition) is 1. The lowest BCUT2D eigenvalue weighted by Gasteiger charge is -2.12. The lowest BCUT2D eigenvalue weighted by molar-refractivity contribution is -0.111. The Morgan fingerprint density at radius 3 is 2.26 bits per heavy atom. The fourth-order valence-corrected chi connectivity index (χ4v) is 5.85. The van der Waals surface area contributed by atoms with Crippen molar-refractivity contribution in [1.82, 2.24) is 14.5 Å². The maximum Gasteiger partial charge on any atom is 0.249 e. The van der Waals surface area contributed by atoms with Crippen LogP contribution in [0.1, 0.15) is 30.9 Å². The van der Waals surface area contributed by atoms with Crippen LogP contribution in [-0.4, -0.2) is 28.9 Å². The highest BCUT2D eigenvalue weighted by Gasteiger charge is 2.32. The number of carbonyl (C=O) groups excluding carboxylic acids is 1. The van der Waals surface area contributed by atoms with Crippen molar-refractivity contribution in [2.45, 2.75) is 43.0 Å². The fourth-order valence-electron chi connectivity index (χ4n) is 4.31. The van der Waals surface area contributed by atoms with E-state index >= 15 is 0 Å².